The van der Waals surface area contributed by atoms with Crippen molar-refractivity contribution in [3.8, 4) is 34.1 Å². The molecule has 0 atom stereocenters. The van der Waals surface area contributed by atoms with Crippen LogP contribution in [-0.2, 0) is 0 Å². The molecule has 1 aliphatic carbocycles. The predicted molar refractivity (Wildman–Crippen MR) is 92.0 cm³/mol. The molecular weight excluding hydrogens is 304 g/mol. The molecule has 0 amide bonds. The number of fused-ring (bicyclic) bond motifs is 3. The molecule has 0 aromatic heterocycles. The Balaban J connectivity index is 2.04. The van der Waals surface area contributed by atoms with Gasteiger partial charge in [-0.3, -0.25) is 0 Å². The Morgan fingerprint density at radius 2 is 0.958 bits per heavy atom. The van der Waals surface area contributed by atoms with E-state index >= 15 is 0 Å². The average Bonchev–Trinajstić information content (AvgIpc) is 2.83. The Hall–Kier alpha value is -3.40. The van der Waals surface area contributed by atoms with Gasteiger partial charge in [0.1, 0.15) is 0 Å². The summed E-state index contributed by atoms with van der Waals surface area (Å²) in [5.41, 5.74) is 4.61. The summed E-state index contributed by atoms with van der Waals surface area (Å²) in [4.78, 5) is 0. The minimum absolute atomic E-state index is 0.214. The summed E-state index contributed by atoms with van der Waals surface area (Å²) in [7, 11) is 0. The van der Waals surface area contributed by atoms with Crippen LogP contribution in [0.3, 0.4) is 0 Å². The molecule has 4 N–H and O–H groups in total. The van der Waals surface area contributed by atoms with Crippen molar-refractivity contribution in [1.29, 1.82) is 0 Å². The summed E-state index contributed by atoms with van der Waals surface area (Å²) in [6.07, 6.45) is 1.94. The number of phenols is 4. The highest BCUT2D eigenvalue weighted by Crippen LogP contribution is 2.51. The van der Waals surface area contributed by atoms with Crippen LogP contribution >= 0.6 is 0 Å². The molecule has 0 fully saturated rings. The van der Waals surface area contributed by atoms with Crippen molar-refractivity contribution in [3.63, 3.8) is 0 Å². The lowest BCUT2D eigenvalue weighted by atomic mass is 10.0. The first-order chi connectivity index (χ1) is 11.5. The second-order valence-electron chi connectivity index (χ2n) is 5.74. The van der Waals surface area contributed by atoms with Crippen LogP contribution < -0.4 is 0 Å². The Bertz CT molecular complexity index is 929. The van der Waals surface area contributed by atoms with Gasteiger partial charge in [-0.15, -0.1) is 0 Å². The lowest BCUT2D eigenvalue weighted by Gasteiger charge is -2.05. The SMILES string of the molecule is Oc1cc2c(cc1O)-c1cc(O)c(O)cc1C2=Cc1ccccc1. The van der Waals surface area contributed by atoms with E-state index in [1.807, 2.05) is 36.4 Å². The number of aromatic hydroxyl groups is 4. The maximum absolute atomic E-state index is 9.88. The molecule has 4 nitrogen and oxygen atoms in total. The Morgan fingerprint density at radius 3 is 1.42 bits per heavy atom. The van der Waals surface area contributed by atoms with Crippen LogP contribution in [0.5, 0.6) is 23.0 Å². The molecular formula is C20H14O4. The zero-order chi connectivity index (χ0) is 16.8. The lowest BCUT2D eigenvalue weighted by molar-refractivity contribution is 0.403. The minimum Gasteiger partial charge on any atom is -0.504 e. The maximum Gasteiger partial charge on any atom is 0.158 e. The van der Waals surface area contributed by atoms with E-state index in [4.69, 9.17) is 0 Å². The first-order valence-electron chi connectivity index (χ1n) is 7.44. The molecule has 0 spiro atoms. The second-order valence-corrected chi connectivity index (χ2v) is 5.74. The molecule has 0 radical (unpaired) electrons. The quantitative estimate of drug-likeness (QED) is 0.399. The number of hydrogen-bond donors (Lipinski definition) is 4. The molecule has 0 saturated carbocycles. The Kier molecular flexibility index (Phi) is 3.00. The normalized spacial score (nSPS) is 11.9. The summed E-state index contributed by atoms with van der Waals surface area (Å²) in [5.74, 6) is -0.885. The van der Waals surface area contributed by atoms with Crippen molar-refractivity contribution in [3.05, 3.63) is 71.3 Å². The first-order valence-corrected chi connectivity index (χ1v) is 7.44. The molecule has 0 aliphatic heterocycles. The zero-order valence-corrected chi connectivity index (χ0v) is 12.6. The lowest BCUT2D eigenvalue weighted by Crippen LogP contribution is -1.83. The van der Waals surface area contributed by atoms with E-state index in [1.54, 1.807) is 0 Å². The number of benzene rings is 3. The van der Waals surface area contributed by atoms with Gasteiger partial charge in [0.05, 0.1) is 0 Å². The standard InChI is InChI=1S/C20H14O4/c21-17-7-13-12(6-11-4-2-1-3-5-11)14-8-18(22)20(24)10-16(14)15(13)9-19(17)23/h1-10,21-24H. The first kappa shape index (κ1) is 14.2. The van der Waals surface area contributed by atoms with Crippen molar-refractivity contribution in [2.45, 2.75) is 0 Å². The van der Waals surface area contributed by atoms with E-state index in [-0.39, 0.29) is 23.0 Å². The van der Waals surface area contributed by atoms with Gasteiger partial charge in [-0.1, -0.05) is 30.3 Å². The minimum atomic E-state index is -0.228. The summed E-state index contributed by atoms with van der Waals surface area (Å²) < 4.78 is 0. The van der Waals surface area contributed by atoms with Crippen LogP contribution in [0.15, 0.2) is 54.6 Å². The number of phenolic OH excluding ortho intramolecular Hbond substituents is 4. The van der Waals surface area contributed by atoms with E-state index in [1.165, 1.54) is 24.3 Å². The van der Waals surface area contributed by atoms with Crippen LogP contribution in [0.4, 0.5) is 0 Å². The van der Waals surface area contributed by atoms with Gasteiger partial charge in [-0.25, -0.2) is 0 Å². The fraction of sp³-hybridized carbons (Fsp3) is 0. The van der Waals surface area contributed by atoms with Gasteiger partial charge >= 0.3 is 0 Å². The molecule has 0 unspecified atom stereocenters. The monoisotopic (exact) mass is 318 g/mol. The molecule has 1 aliphatic rings. The van der Waals surface area contributed by atoms with Crippen LogP contribution in [-0.4, -0.2) is 20.4 Å². The third-order valence-electron chi connectivity index (χ3n) is 4.21. The largest absolute Gasteiger partial charge is 0.504 e. The molecule has 4 rings (SSSR count). The van der Waals surface area contributed by atoms with Crippen molar-refractivity contribution >= 4 is 11.6 Å². The highest BCUT2D eigenvalue weighted by atomic mass is 16.3. The molecule has 3 aromatic rings. The van der Waals surface area contributed by atoms with Crippen molar-refractivity contribution in [1.82, 2.24) is 0 Å². The second kappa shape index (κ2) is 5.06. The molecule has 118 valence electrons. The average molecular weight is 318 g/mol. The molecule has 0 bridgehead atoms. The topological polar surface area (TPSA) is 80.9 Å². The Morgan fingerprint density at radius 1 is 0.542 bits per heavy atom. The molecule has 0 heterocycles. The highest BCUT2D eigenvalue weighted by molar-refractivity contribution is 6.07. The van der Waals surface area contributed by atoms with E-state index in [0.29, 0.717) is 11.1 Å². The van der Waals surface area contributed by atoms with Gasteiger partial charge in [-0.05, 0) is 63.7 Å². The van der Waals surface area contributed by atoms with Gasteiger partial charge in [0.15, 0.2) is 23.0 Å². The van der Waals surface area contributed by atoms with Crippen LogP contribution in [0, 0.1) is 0 Å². The summed E-state index contributed by atoms with van der Waals surface area (Å²) in [6.45, 7) is 0. The van der Waals surface area contributed by atoms with Crippen LogP contribution in [0.25, 0.3) is 22.8 Å². The third-order valence-corrected chi connectivity index (χ3v) is 4.21. The number of rotatable bonds is 1. The van der Waals surface area contributed by atoms with E-state index in [2.05, 4.69) is 0 Å². The Labute approximate surface area is 138 Å². The zero-order valence-electron chi connectivity index (χ0n) is 12.6. The molecule has 4 heteroatoms. The smallest absolute Gasteiger partial charge is 0.158 e. The van der Waals surface area contributed by atoms with Gasteiger partial charge in [-0.2, -0.15) is 0 Å². The van der Waals surface area contributed by atoms with Crippen molar-refractivity contribution in [2.75, 3.05) is 0 Å². The maximum atomic E-state index is 9.88. The summed E-state index contributed by atoms with van der Waals surface area (Å²) in [5, 5.41) is 39.4. The highest BCUT2D eigenvalue weighted by Gasteiger charge is 2.27. The van der Waals surface area contributed by atoms with E-state index < -0.39 is 0 Å². The molecule has 0 saturated heterocycles. The van der Waals surface area contributed by atoms with E-state index in [0.717, 1.165) is 22.3 Å². The summed E-state index contributed by atoms with van der Waals surface area (Å²) >= 11 is 0. The van der Waals surface area contributed by atoms with Gasteiger partial charge in [0.2, 0.25) is 0 Å². The molecule has 24 heavy (non-hydrogen) atoms. The van der Waals surface area contributed by atoms with Gasteiger partial charge in [0, 0.05) is 0 Å². The number of hydrogen-bond acceptors (Lipinski definition) is 4. The fourth-order valence-corrected chi connectivity index (χ4v) is 3.06. The van der Waals surface area contributed by atoms with Crippen LogP contribution in [0.1, 0.15) is 16.7 Å². The molecule has 3 aromatic carbocycles. The van der Waals surface area contributed by atoms with Crippen molar-refractivity contribution in [2.24, 2.45) is 0 Å². The fourth-order valence-electron chi connectivity index (χ4n) is 3.06. The summed E-state index contributed by atoms with van der Waals surface area (Å²) in [6, 6.07) is 15.6. The van der Waals surface area contributed by atoms with Crippen molar-refractivity contribution < 1.29 is 20.4 Å². The van der Waals surface area contributed by atoms with E-state index in [9.17, 15) is 20.4 Å². The van der Waals surface area contributed by atoms with Gasteiger partial charge in [0.25, 0.3) is 0 Å². The van der Waals surface area contributed by atoms with Gasteiger partial charge < -0.3 is 20.4 Å². The third kappa shape index (κ3) is 2.08. The van der Waals surface area contributed by atoms with Crippen LogP contribution in [0.2, 0.25) is 0 Å². The predicted octanol–water partition coefficient (Wildman–Crippen LogP) is 4.08.